The van der Waals surface area contributed by atoms with Crippen LogP contribution < -0.4 is 0 Å². The summed E-state index contributed by atoms with van der Waals surface area (Å²) in [4.78, 5) is 9.88. The van der Waals surface area contributed by atoms with E-state index in [0.717, 1.165) is 0 Å². The lowest BCUT2D eigenvalue weighted by Gasteiger charge is -2.16. The second kappa shape index (κ2) is 2.92. The van der Waals surface area contributed by atoms with Gasteiger partial charge < -0.3 is 0 Å². The smallest absolute Gasteiger partial charge is 0.291 e. The number of rotatable bonds is 2. The van der Waals surface area contributed by atoms with Crippen LogP contribution in [0.1, 0.15) is 0 Å². The highest BCUT2D eigenvalue weighted by atomic mass is 35.5. The van der Waals surface area contributed by atoms with Crippen LogP contribution in [0.3, 0.4) is 0 Å². The molecule has 0 N–H and O–H groups in total. The Bertz CT molecular complexity index is 162. The molecule has 0 saturated heterocycles. The molecule has 11 heavy (non-hydrogen) atoms. The van der Waals surface area contributed by atoms with Gasteiger partial charge in [-0.2, -0.15) is 22.0 Å². The number of ketones is 1. The van der Waals surface area contributed by atoms with Crippen LogP contribution in [-0.4, -0.2) is 23.8 Å². The normalized spacial score (nSPS) is 13.3. The molecule has 0 spiro atoms. The van der Waals surface area contributed by atoms with Crippen LogP contribution in [0.5, 0.6) is 0 Å². The van der Waals surface area contributed by atoms with E-state index in [4.69, 9.17) is 0 Å². The van der Waals surface area contributed by atoms with Crippen molar-refractivity contribution in [1.82, 2.24) is 0 Å². The first-order chi connectivity index (χ1) is 4.73. The van der Waals surface area contributed by atoms with Crippen molar-refractivity contribution in [2.45, 2.75) is 12.1 Å². The molecular formula is C4H2ClF5O. The third-order valence-electron chi connectivity index (χ3n) is 0.828. The fraction of sp³-hybridized carbons (Fsp3) is 0.750. The summed E-state index contributed by atoms with van der Waals surface area (Å²) in [7, 11) is 0. The summed E-state index contributed by atoms with van der Waals surface area (Å²) in [5, 5.41) is 0. The highest BCUT2D eigenvalue weighted by molar-refractivity contribution is 6.28. The molecule has 0 atom stereocenters. The third-order valence-corrected chi connectivity index (χ3v) is 1.07. The van der Waals surface area contributed by atoms with E-state index in [1.165, 1.54) is 0 Å². The zero-order valence-corrected chi connectivity index (χ0v) is 5.64. The van der Waals surface area contributed by atoms with Crippen molar-refractivity contribution in [2.24, 2.45) is 0 Å². The van der Waals surface area contributed by atoms with E-state index >= 15 is 0 Å². The first-order valence-corrected chi connectivity index (χ1v) is 2.80. The Kier molecular flexibility index (Phi) is 2.82. The molecule has 0 bridgehead atoms. The molecule has 0 heterocycles. The Hall–Kier alpha value is -0.390. The predicted molar refractivity (Wildman–Crippen MR) is 26.7 cm³/mol. The quantitative estimate of drug-likeness (QED) is 0.488. The van der Waals surface area contributed by atoms with E-state index in [1.54, 1.807) is 0 Å². The van der Waals surface area contributed by atoms with E-state index in [9.17, 15) is 26.7 Å². The third kappa shape index (κ3) is 2.02. The van der Waals surface area contributed by atoms with Crippen LogP contribution in [0, 0.1) is 0 Å². The van der Waals surface area contributed by atoms with Gasteiger partial charge in [0.05, 0.1) is 5.88 Å². The second-order valence-corrected chi connectivity index (χ2v) is 1.90. The van der Waals surface area contributed by atoms with E-state index in [2.05, 4.69) is 11.6 Å². The minimum Gasteiger partial charge on any atom is -0.291 e. The van der Waals surface area contributed by atoms with Crippen molar-refractivity contribution in [3.8, 4) is 0 Å². The maximum Gasteiger partial charge on any atom is 0.461 e. The number of alkyl halides is 6. The van der Waals surface area contributed by atoms with Gasteiger partial charge in [-0.1, -0.05) is 0 Å². The number of Topliss-reactive ketones (excluding diaryl/α,β-unsaturated/α-hetero) is 1. The molecule has 0 saturated carbocycles. The van der Waals surface area contributed by atoms with Gasteiger partial charge in [0.1, 0.15) is 0 Å². The molecule has 0 fully saturated rings. The van der Waals surface area contributed by atoms with E-state index < -0.39 is 23.8 Å². The summed E-state index contributed by atoms with van der Waals surface area (Å²) in [6, 6.07) is 0. The van der Waals surface area contributed by atoms with Crippen molar-refractivity contribution in [3.05, 3.63) is 0 Å². The number of halogens is 6. The van der Waals surface area contributed by atoms with Crippen molar-refractivity contribution in [3.63, 3.8) is 0 Å². The monoisotopic (exact) mass is 196 g/mol. The van der Waals surface area contributed by atoms with Crippen LogP contribution in [0.2, 0.25) is 0 Å². The standard InChI is InChI=1S/C4H2ClF5O/c5-1-2(11)3(6,7)4(8,9)10/h1H2. The molecule has 7 heteroatoms. The fourth-order valence-corrected chi connectivity index (χ4v) is 0.410. The molecule has 0 aliphatic carbocycles. The van der Waals surface area contributed by atoms with Gasteiger partial charge in [-0.05, 0) is 0 Å². The number of hydrogen-bond acceptors (Lipinski definition) is 1. The van der Waals surface area contributed by atoms with Gasteiger partial charge in [0, 0.05) is 0 Å². The van der Waals surface area contributed by atoms with Crippen LogP contribution in [-0.2, 0) is 4.79 Å². The van der Waals surface area contributed by atoms with Crippen molar-refractivity contribution in [2.75, 3.05) is 5.88 Å². The topological polar surface area (TPSA) is 17.1 Å². The number of hydrogen-bond donors (Lipinski definition) is 0. The van der Waals surface area contributed by atoms with Gasteiger partial charge in [-0.25, -0.2) is 0 Å². The van der Waals surface area contributed by atoms with Crippen molar-refractivity contribution in [1.29, 1.82) is 0 Å². The lowest BCUT2D eigenvalue weighted by atomic mass is 10.2. The largest absolute Gasteiger partial charge is 0.461 e. The Morgan fingerprint density at radius 2 is 1.55 bits per heavy atom. The molecule has 0 unspecified atom stereocenters. The molecule has 0 aliphatic heterocycles. The van der Waals surface area contributed by atoms with Crippen LogP contribution in [0.25, 0.3) is 0 Å². The molecular weight excluding hydrogens is 194 g/mol. The number of carbonyl (C=O) groups is 1. The zero-order valence-electron chi connectivity index (χ0n) is 4.88. The minimum atomic E-state index is -5.85. The first kappa shape index (κ1) is 10.6. The van der Waals surface area contributed by atoms with E-state index in [0.29, 0.717) is 0 Å². The molecule has 0 aromatic heterocycles. The van der Waals surface area contributed by atoms with E-state index in [-0.39, 0.29) is 0 Å². The maximum absolute atomic E-state index is 11.8. The second-order valence-electron chi connectivity index (χ2n) is 1.63. The van der Waals surface area contributed by atoms with Gasteiger partial charge in [0.25, 0.3) is 0 Å². The first-order valence-electron chi connectivity index (χ1n) is 2.27. The Labute approximate surface area is 63.1 Å². The molecule has 0 aromatic rings. The Balaban J connectivity index is 4.59. The summed E-state index contributed by atoms with van der Waals surface area (Å²) >= 11 is 4.51. The van der Waals surface area contributed by atoms with E-state index in [1.807, 2.05) is 0 Å². The average molecular weight is 197 g/mol. The van der Waals surface area contributed by atoms with Crippen molar-refractivity contribution >= 4 is 17.4 Å². The van der Waals surface area contributed by atoms with Crippen LogP contribution in [0.15, 0.2) is 0 Å². The number of carbonyl (C=O) groups excluding carboxylic acids is 1. The fourth-order valence-electron chi connectivity index (χ4n) is 0.242. The molecule has 0 aliphatic rings. The molecule has 0 rings (SSSR count). The molecule has 0 radical (unpaired) electrons. The lowest BCUT2D eigenvalue weighted by Crippen LogP contribution is -2.44. The maximum atomic E-state index is 11.8. The average Bonchev–Trinajstić information content (AvgIpc) is 1.83. The van der Waals surface area contributed by atoms with Gasteiger partial charge >= 0.3 is 12.1 Å². The summed E-state index contributed by atoms with van der Waals surface area (Å²) < 4.78 is 57.3. The van der Waals surface area contributed by atoms with Gasteiger partial charge in [-0.15, -0.1) is 11.6 Å². The summed E-state index contributed by atoms with van der Waals surface area (Å²) in [5.41, 5.74) is 0. The molecule has 1 nitrogen and oxygen atoms in total. The summed E-state index contributed by atoms with van der Waals surface area (Å²) in [6.07, 6.45) is -5.85. The highest BCUT2D eigenvalue weighted by Gasteiger charge is 2.62. The molecule has 0 aromatic carbocycles. The predicted octanol–water partition coefficient (Wildman–Crippen LogP) is 1.99. The summed E-state index contributed by atoms with van der Waals surface area (Å²) in [5.74, 6) is -9.02. The van der Waals surface area contributed by atoms with Crippen LogP contribution >= 0.6 is 11.6 Å². The summed E-state index contributed by atoms with van der Waals surface area (Å²) in [6.45, 7) is 0. The van der Waals surface area contributed by atoms with Crippen molar-refractivity contribution < 1.29 is 26.7 Å². The van der Waals surface area contributed by atoms with Gasteiger partial charge in [-0.3, -0.25) is 4.79 Å². The SMILES string of the molecule is O=C(CCl)C(F)(F)C(F)(F)F. The molecule has 66 valence electrons. The molecule has 0 amide bonds. The Morgan fingerprint density at radius 1 is 1.18 bits per heavy atom. The van der Waals surface area contributed by atoms with Crippen LogP contribution in [0.4, 0.5) is 22.0 Å². The van der Waals surface area contributed by atoms with Gasteiger partial charge in [0.15, 0.2) is 0 Å². The highest BCUT2D eigenvalue weighted by Crippen LogP contribution is 2.36. The Morgan fingerprint density at radius 3 is 1.64 bits per heavy atom. The van der Waals surface area contributed by atoms with Gasteiger partial charge in [0.2, 0.25) is 5.78 Å². The minimum absolute atomic E-state index is 1.35. The lowest BCUT2D eigenvalue weighted by molar-refractivity contribution is -0.267. The zero-order chi connectivity index (χ0) is 9.28.